The van der Waals surface area contributed by atoms with E-state index in [2.05, 4.69) is 42.7 Å². The number of anilines is 2. The summed E-state index contributed by atoms with van der Waals surface area (Å²) in [5.41, 5.74) is -2.74. The summed E-state index contributed by atoms with van der Waals surface area (Å²) in [6.45, 7) is 6.12. The molecule has 0 N–H and O–H groups in total. The first kappa shape index (κ1) is 22.4. The Hall–Kier alpha value is -1.78. The zero-order valence-corrected chi connectivity index (χ0v) is 20.4. The fourth-order valence-corrected chi connectivity index (χ4v) is 4.53. The Labute approximate surface area is 195 Å². The molecular formula is C20H22F2IN6OP. The monoisotopic (exact) mass is 558 g/mol. The van der Waals surface area contributed by atoms with Gasteiger partial charge in [0, 0.05) is 31.0 Å². The van der Waals surface area contributed by atoms with Crippen LogP contribution in [0.1, 0.15) is 25.1 Å². The fourth-order valence-electron chi connectivity index (χ4n) is 3.54. The summed E-state index contributed by atoms with van der Waals surface area (Å²) in [4.78, 5) is 19.8. The molecular weight excluding hydrogens is 536 g/mol. The van der Waals surface area contributed by atoms with Crippen LogP contribution < -0.4 is 8.01 Å². The molecule has 4 rings (SSSR count). The molecule has 0 bridgehead atoms. The summed E-state index contributed by atoms with van der Waals surface area (Å²) in [5, 5.41) is 0.747. The van der Waals surface area contributed by atoms with E-state index in [1.807, 2.05) is 26.0 Å². The SMILES string of the molecule is CC1(C)CN(c2nc(N(I)Cc3cccnc3C(F)(F)P)c3cccnc3n2)CCO1. The number of morpholine rings is 1. The van der Waals surface area contributed by atoms with Gasteiger partial charge >= 0.3 is 5.66 Å². The maximum atomic E-state index is 14.0. The fraction of sp³-hybridized carbons (Fsp3) is 0.400. The van der Waals surface area contributed by atoms with Gasteiger partial charge in [0.05, 0.1) is 47.0 Å². The molecule has 1 atom stereocenters. The highest BCUT2D eigenvalue weighted by Gasteiger charge is 2.31. The molecule has 1 saturated heterocycles. The van der Waals surface area contributed by atoms with E-state index in [1.54, 1.807) is 30.7 Å². The molecule has 1 fully saturated rings. The van der Waals surface area contributed by atoms with Gasteiger partial charge in [-0.2, -0.15) is 18.7 Å². The molecule has 0 spiro atoms. The van der Waals surface area contributed by atoms with Crippen molar-refractivity contribution in [2.75, 3.05) is 27.7 Å². The van der Waals surface area contributed by atoms with E-state index >= 15 is 0 Å². The van der Waals surface area contributed by atoms with Gasteiger partial charge in [-0.05, 0) is 32.0 Å². The molecule has 31 heavy (non-hydrogen) atoms. The first-order valence-corrected chi connectivity index (χ1v) is 11.2. The lowest BCUT2D eigenvalue weighted by Gasteiger charge is -2.38. The van der Waals surface area contributed by atoms with Gasteiger partial charge in [-0.25, -0.2) is 4.98 Å². The molecule has 1 aliphatic heterocycles. The van der Waals surface area contributed by atoms with Gasteiger partial charge in [0.1, 0.15) is 5.69 Å². The average molecular weight is 558 g/mol. The molecule has 11 heteroatoms. The highest BCUT2D eigenvalue weighted by atomic mass is 127. The summed E-state index contributed by atoms with van der Waals surface area (Å²) >= 11 is 2.09. The van der Waals surface area contributed by atoms with Gasteiger partial charge < -0.3 is 9.64 Å². The molecule has 0 amide bonds. The summed E-state index contributed by atoms with van der Waals surface area (Å²) in [7, 11) is 1.56. The number of aromatic nitrogens is 4. The van der Waals surface area contributed by atoms with E-state index in [4.69, 9.17) is 9.72 Å². The summed E-state index contributed by atoms with van der Waals surface area (Å²) in [6.07, 6.45) is 3.05. The van der Waals surface area contributed by atoms with Crippen molar-refractivity contribution in [1.82, 2.24) is 19.9 Å². The quantitative estimate of drug-likeness (QED) is 0.263. The lowest BCUT2D eigenvalue weighted by molar-refractivity contribution is -0.0281. The minimum Gasteiger partial charge on any atom is -0.372 e. The van der Waals surface area contributed by atoms with Crippen LogP contribution in [0.5, 0.6) is 0 Å². The summed E-state index contributed by atoms with van der Waals surface area (Å²) in [5.74, 6) is 1.15. The normalized spacial score (nSPS) is 16.5. The minimum atomic E-state index is -3.12. The number of hydrogen-bond donors (Lipinski definition) is 0. The van der Waals surface area contributed by atoms with Crippen molar-refractivity contribution in [1.29, 1.82) is 0 Å². The van der Waals surface area contributed by atoms with Crippen LogP contribution in [0, 0.1) is 0 Å². The van der Waals surface area contributed by atoms with Crippen LogP contribution in [0.25, 0.3) is 11.0 Å². The predicted octanol–water partition coefficient (Wildman–Crippen LogP) is 4.32. The number of fused-ring (bicyclic) bond motifs is 1. The third-order valence-corrected chi connectivity index (χ3v) is 5.97. The van der Waals surface area contributed by atoms with E-state index < -0.39 is 5.66 Å². The molecule has 3 aromatic rings. The highest BCUT2D eigenvalue weighted by molar-refractivity contribution is 14.1. The summed E-state index contributed by atoms with van der Waals surface area (Å²) < 4.78 is 35.7. The third-order valence-electron chi connectivity index (χ3n) is 4.89. The van der Waals surface area contributed by atoms with Gasteiger partial charge in [0.25, 0.3) is 0 Å². The van der Waals surface area contributed by atoms with Gasteiger partial charge in [0.2, 0.25) is 5.95 Å². The number of nitrogens with zero attached hydrogens (tertiary/aromatic N) is 6. The van der Waals surface area contributed by atoms with Crippen LogP contribution in [-0.2, 0) is 16.9 Å². The van der Waals surface area contributed by atoms with E-state index in [0.29, 0.717) is 42.7 Å². The number of hydrogen-bond acceptors (Lipinski definition) is 7. The second-order valence-electron chi connectivity index (χ2n) is 7.91. The molecule has 0 radical (unpaired) electrons. The topological polar surface area (TPSA) is 67.3 Å². The lowest BCUT2D eigenvalue weighted by Crippen LogP contribution is -2.49. The van der Waals surface area contributed by atoms with Crippen molar-refractivity contribution in [3.05, 3.63) is 47.9 Å². The zero-order chi connectivity index (χ0) is 22.2. The number of halogens is 3. The van der Waals surface area contributed by atoms with Crippen molar-refractivity contribution >= 4 is 54.9 Å². The maximum absolute atomic E-state index is 14.0. The Balaban J connectivity index is 1.73. The molecule has 164 valence electrons. The van der Waals surface area contributed by atoms with E-state index in [-0.39, 0.29) is 17.8 Å². The molecule has 0 aliphatic carbocycles. The van der Waals surface area contributed by atoms with Crippen LogP contribution in [0.2, 0.25) is 0 Å². The number of pyridine rings is 2. The van der Waals surface area contributed by atoms with Crippen LogP contribution in [0.15, 0.2) is 36.7 Å². The van der Waals surface area contributed by atoms with Crippen LogP contribution in [-0.4, -0.2) is 45.2 Å². The smallest absolute Gasteiger partial charge is 0.300 e. The minimum absolute atomic E-state index is 0.197. The van der Waals surface area contributed by atoms with Crippen LogP contribution in [0.4, 0.5) is 20.5 Å². The molecule has 1 unspecified atom stereocenters. The maximum Gasteiger partial charge on any atom is 0.300 e. The van der Waals surface area contributed by atoms with E-state index in [0.717, 1.165) is 5.39 Å². The van der Waals surface area contributed by atoms with Crippen molar-refractivity contribution in [3.8, 4) is 0 Å². The van der Waals surface area contributed by atoms with Crippen LogP contribution >= 0.6 is 32.1 Å². The second kappa shape index (κ2) is 8.63. The van der Waals surface area contributed by atoms with Crippen molar-refractivity contribution < 1.29 is 13.5 Å². The Morgan fingerprint density at radius 1 is 1.23 bits per heavy atom. The predicted molar refractivity (Wildman–Crippen MR) is 128 cm³/mol. The van der Waals surface area contributed by atoms with Crippen molar-refractivity contribution in [2.45, 2.75) is 31.7 Å². The molecule has 0 saturated carbocycles. The summed E-state index contributed by atoms with van der Waals surface area (Å²) in [6, 6.07) is 6.99. The standard InChI is InChI=1S/C20H22F2IN6OP/c1-19(2)12-28(9-10-30-19)18-26-16-14(6-4-8-25-16)17(27-18)29(23)11-13-5-3-7-24-15(13)20(21,22)31/h3-8H,9-12,31H2,1-2H3. The van der Waals surface area contributed by atoms with Gasteiger partial charge in [-0.1, -0.05) is 15.3 Å². The zero-order valence-electron chi connectivity index (χ0n) is 17.1. The Morgan fingerprint density at radius 3 is 2.71 bits per heavy atom. The molecule has 7 nitrogen and oxygen atoms in total. The third kappa shape index (κ3) is 5.01. The lowest BCUT2D eigenvalue weighted by atomic mass is 10.1. The average Bonchev–Trinajstić information content (AvgIpc) is 2.71. The largest absolute Gasteiger partial charge is 0.372 e. The molecule has 0 aromatic carbocycles. The first-order valence-electron chi connectivity index (χ1n) is 9.70. The van der Waals surface area contributed by atoms with Crippen molar-refractivity contribution in [2.24, 2.45) is 0 Å². The molecule has 3 aromatic heterocycles. The number of alkyl halides is 2. The Bertz CT molecular complexity index is 1100. The highest BCUT2D eigenvalue weighted by Crippen LogP contribution is 2.37. The Kier molecular flexibility index (Phi) is 6.24. The van der Waals surface area contributed by atoms with E-state index in [9.17, 15) is 8.78 Å². The van der Waals surface area contributed by atoms with Gasteiger partial charge in [-0.3, -0.25) is 8.10 Å². The van der Waals surface area contributed by atoms with E-state index in [1.165, 1.54) is 6.20 Å². The van der Waals surface area contributed by atoms with Gasteiger partial charge in [0.15, 0.2) is 11.5 Å². The number of rotatable bonds is 5. The number of ether oxygens (including phenoxy) is 1. The first-order chi connectivity index (χ1) is 14.6. The Morgan fingerprint density at radius 2 is 1.97 bits per heavy atom. The molecule has 4 heterocycles. The molecule has 1 aliphatic rings. The van der Waals surface area contributed by atoms with Crippen LogP contribution in [0.3, 0.4) is 0 Å². The van der Waals surface area contributed by atoms with Crippen molar-refractivity contribution in [3.63, 3.8) is 0 Å². The van der Waals surface area contributed by atoms with Gasteiger partial charge in [-0.15, -0.1) is 0 Å². The second-order valence-corrected chi connectivity index (χ2v) is 9.80.